The molecule has 10 nitrogen and oxygen atoms in total. The SMILES string of the molecule is CCCCOC(=O)N1CCC(CN2CCc3ccc(Nc4ncc5c(Nc6c(C)cccc6C)nn(C)c5n4)cc3C2)CC1. The number of aryl methyl sites for hydroxylation is 3. The van der Waals surface area contributed by atoms with E-state index in [1.807, 2.05) is 18.1 Å². The van der Waals surface area contributed by atoms with Crippen LogP contribution in [0.15, 0.2) is 42.6 Å². The maximum atomic E-state index is 12.3. The number of unbranched alkanes of at least 4 members (excludes halogenated alkanes) is 1. The quantitative estimate of drug-likeness (QED) is 0.212. The van der Waals surface area contributed by atoms with Crippen molar-refractivity contribution in [2.45, 2.75) is 59.4 Å². The molecule has 0 aliphatic carbocycles. The van der Waals surface area contributed by atoms with E-state index in [2.05, 4.69) is 77.7 Å². The molecule has 0 spiro atoms. The number of nitrogens with one attached hydrogen (secondary N) is 2. The van der Waals surface area contributed by atoms with Crippen LogP contribution in [-0.2, 0) is 24.8 Å². The number of carbonyl (C=O) groups excluding carboxylic acids is 1. The summed E-state index contributed by atoms with van der Waals surface area (Å²) in [7, 11) is 1.91. The van der Waals surface area contributed by atoms with E-state index in [0.29, 0.717) is 18.5 Å². The molecule has 10 heteroatoms. The van der Waals surface area contributed by atoms with E-state index in [1.54, 1.807) is 4.68 Å². The molecule has 4 aromatic rings. The van der Waals surface area contributed by atoms with Gasteiger partial charge in [-0.15, -0.1) is 0 Å². The zero-order chi connectivity index (χ0) is 30.6. The van der Waals surface area contributed by atoms with Gasteiger partial charge in [0.15, 0.2) is 11.5 Å². The van der Waals surface area contributed by atoms with E-state index in [0.717, 1.165) is 93.1 Å². The molecular formula is C34H44N8O2. The minimum Gasteiger partial charge on any atom is -0.449 e. The van der Waals surface area contributed by atoms with Crippen molar-refractivity contribution in [3.8, 4) is 0 Å². The number of hydrogen-bond donors (Lipinski definition) is 2. The second kappa shape index (κ2) is 13.2. The van der Waals surface area contributed by atoms with Crippen LogP contribution in [0.2, 0.25) is 0 Å². The van der Waals surface area contributed by atoms with Crippen LogP contribution in [0.1, 0.15) is 54.9 Å². The number of likely N-dealkylation sites (tertiary alicyclic amines) is 1. The number of piperidine rings is 1. The molecule has 6 rings (SSSR count). The predicted molar refractivity (Wildman–Crippen MR) is 175 cm³/mol. The molecule has 0 saturated carbocycles. The fourth-order valence-corrected chi connectivity index (χ4v) is 6.36. The van der Waals surface area contributed by atoms with Gasteiger partial charge in [-0.2, -0.15) is 10.1 Å². The molecule has 0 unspecified atom stereocenters. The average molecular weight is 597 g/mol. The van der Waals surface area contributed by atoms with Gasteiger partial charge in [0.25, 0.3) is 0 Å². The van der Waals surface area contributed by atoms with Gasteiger partial charge in [-0.1, -0.05) is 37.6 Å². The van der Waals surface area contributed by atoms with E-state index in [1.165, 1.54) is 22.3 Å². The maximum Gasteiger partial charge on any atom is 0.409 e. The number of amides is 1. The number of hydrogen-bond acceptors (Lipinski definition) is 8. The number of aromatic nitrogens is 4. The number of benzene rings is 2. The predicted octanol–water partition coefficient (Wildman–Crippen LogP) is 6.47. The van der Waals surface area contributed by atoms with Crippen LogP contribution in [0, 0.1) is 19.8 Å². The Morgan fingerprint density at radius 2 is 1.84 bits per heavy atom. The third kappa shape index (κ3) is 6.65. The van der Waals surface area contributed by atoms with Crippen LogP contribution in [-0.4, -0.2) is 68.4 Å². The third-order valence-electron chi connectivity index (χ3n) is 8.97. The molecule has 1 fully saturated rings. The minimum atomic E-state index is -0.148. The van der Waals surface area contributed by atoms with Crippen LogP contribution in [0.5, 0.6) is 0 Å². The summed E-state index contributed by atoms with van der Waals surface area (Å²) in [6.45, 7) is 11.5. The number of fused-ring (bicyclic) bond motifs is 2. The molecule has 2 aromatic heterocycles. The molecule has 0 atom stereocenters. The van der Waals surface area contributed by atoms with E-state index in [9.17, 15) is 4.79 Å². The lowest BCUT2D eigenvalue weighted by Gasteiger charge is -2.36. The molecular weight excluding hydrogens is 552 g/mol. The van der Waals surface area contributed by atoms with Crippen molar-refractivity contribution in [3.05, 3.63) is 64.8 Å². The molecule has 2 aliphatic rings. The summed E-state index contributed by atoms with van der Waals surface area (Å²) in [5, 5.41) is 12.5. The number of ether oxygens (including phenoxy) is 1. The first-order chi connectivity index (χ1) is 21.4. The zero-order valence-corrected chi connectivity index (χ0v) is 26.4. The van der Waals surface area contributed by atoms with E-state index in [-0.39, 0.29) is 6.09 Å². The van der Waals surface area contributed by atoms with Gasteiger partial charge >= 0.3 is 6.09 Å². The summed E-state index contributed by atoms with van der Waals surface area (Å²) in [6.07, 6.45) is 6.76. The molecule has 4 heterocycles. The molecule has 2 aromatic carbocycles. The van der Waals surface area contributed by atoms with Crippen molar-refractivity contribution in [1.29, 1.82) is 0 Å². The lowest BCUT2D eigenvalue weighted by Crippen LogP contribution is -2.42. The Morgan fingerprint density at radius 1 is 1.05 bits per heavy atom. The molecule has 1 amide bonds. The van der Waals surface area contributed by atoms with Gasteiger partial charge in [0.05, 0.1) is 12.0 Å². The van der Waals surface area contributed by atoms with E-state index < -0.39 is 0 Å². The van der Waals surface area contributed by atoms with Crippen LogP contribution < -0.4 is 10.6 Å². The zero-order valence-electron chi connectivity index (χ0n) is 26.4. The van der Waals surface area contributed by atoms with Gasteiger partial charge in [0, 0.05) is 57.3 Å². The molecule has 2 aliphatic heterocycles. The highest BCUT2D eigenvalue weighted by molar-refractivity contribution is 5.90. The fraction of sp³-hybridized carbons (Fsp3) is 0.471. The first kappa shape index (κ1) is 29.9. The van der Waals surface area contributed by atoms with E-state index in [4.69, 9.17) is 14.8 Å². The Bertz CT molecular complexity index is 1610. The molecule has 2 N–H and O–H groups in total. The molecule has 232 valence electrons. The second-order valence-corrected chi connectivity index (χ2v) is 12.3. The van der Waals surface area contributed by atoms with Gasteiger partial charge < -0.3 is 20.3 Å². The highest BCUT2D eigenvalue weighted by Crippen LogP contribution is 2.30. The first-order valence-corrected chi connectivity index (χ1v) is 15.9. The van der Waals surface area contributed by atoms with Crippen molar-refractivity contribution in [3.63, 3.8) is 0 Å². The van der Waals surface area contributed by atoms with Crippen LogP contribution in [0.3, 0.4) is 0 Å². The molecule has 0 radical (unpaired) electrons. The Balaban J connectivity index is 1.07. The topological polar surface area (TPSA) is 100 Å². The van der Waals surface area contributed by atoms with Gasteiger partial charge in [-0.05, 0) is 79.8 Å². The summed E-state index contributed by atoms with van der Waals surface area (Å²) in [6, 6.07) is 12.8. The number of para-hydroxylation sites is 1. The van der Waals surface area contributed by atoms with Crippen LogP contribution >= 0.6 is 0 Å². The van der Waals surface area contributed by atoms with Gasteiger partial charge in [0.2, 0.25) is 5.95 Å². The second-order valence-electron chi connectivity index (χ2n) is 12.3. The van der Waals surface area contributed by atoms with Crippen molar-refractivity contribution in [2.24, 2.45) is 13.0 Å². The number of rotatable bonds is 9. The lowest BCUT2D eigenvalue weighted by molar-refractivity contribution is 0.0802. The highest BCUT2D eigenvalue weighted by atomic mass is 16.6. The number of carbonyl (C=O) groups is 1. The monoisotopic (exact) mass is 596 g/mol. The number of nitrogens with zero attached hydrogens (tertiary/aromatic N) is 6. The van der Waals surface area contributed by atoms with Gasteiger partial charge in [0.1, 0.15) is 0 Å². The lowest BCUT2D eigenvalue weighted by atomic mass is 9.94. The first-order valence-electron chi connectivity index (χ1n) is 15.9. The minimum absolute atomic E-state index is 0.148. The summed E-state index contributed by atoms with van der Waals surface area (Å²) in [5.41, 5.74) is 7.89. The molecule has 0 bridgehead atoms. The Kier molecular flexibility index (Phi) is 8.97. The average Bonchev–Trinajstić information content (AvgIpc) is 3.33. The van der Waals surface area contributed by atoms with Crippen LogP contribution in [0.25, 0.3) is 11.0 Å². The third-order valence-corrected chi connectivity index (χ3v) is 8.97. The Hall–Kier alpha value is -4.18. The number of anilines is 4. The fourth-order valence-electron chi connectivity index (χ4n) is 6.36. The summed E-state index contributed by atoms with van der Waals surface area (Å²) in [4.78, 5) is 26.2. The Morgan fingerprint density at radius 3 is 2.61 bits per heavy atom. The standard InChI is InChI=1S/C34H44N8O2/c1-5-6-18-44-34(43)42-16-12-25(13-17-42)21-41-15-14-26-10-11-28(19-27(26)22-41)36-33-35-20-29-31(39-40(4)32(29)38-33)37-30-23(2)8-7-9-24(30)3/h7-11,19-20,25H,5-6,12-18,21-22H2,1-4H3,(H,37,39)(H,35,36,38). The van der Waals surface area contributed by atoms with Crippen LogP contribution in [0.4, 0.5) is 27.9 Å². The van der Waals surface area contributed by atoms with Crippen molar-refractivity contribution in [1.82, 2.24) is 29.5 Å². The summed E-state index contributed by atoms with van der Waals surface area (Å²) < 4.78 is 7.21. The van der Waals surface area contributed by atoms with Crippen molar-refractivity contribution < 1.29 is 9.53 Å². The largest absolute Gasteiger partial charge is 0.449 e. The van der Waals surface area contributed by atoms with E-state index >= 15 is 0 Å². The molecule has 44 heavy (non-hydrogen) atoms. The van der Waals surface area contributed by atoms with Crippen molar-refractivity contribution >= 4 is 40.3 Å². The van der Waals surface area contributed by atoms with Gasteiger partial charge in [-0.3, -0.25) is 4.90 Å². The molecule has 1 saturated heterocycles. The van der Waals surface area contributed by atoms with Crippen molar-refractivity contribution in [2.75, 3.05) is 43.4 Å². The summed E-state index contributed by atoms with van der Waals surface area (Å²) in [5.74, 6) is 1.90. The maximum absolute atomic E-state index is 12.3. The Labute approximate surface area is 259 Å². The normalized spacial score (nSPS) is 15.8. The highest BCUT2D eigenvalue weighted by Gasteiger charge is 2.26. The van der Waals surface area contributed by atoms with Gasteiger partial charge in [-0.25, -0.2) is 14.5 Å². The smallest absolute Gasteiger partial charge is 0.409 e. The summed E-state index contributed by atoms with van der Waals surface area (Å²) >= 11 is 0.